The summed E-state index contributed by atoms with van der Waals surface area (Å²) < 4.78 is 51.6. The van der Waals surface area contributed by atoms with E-state index in [-0.39, 0.29) is 48.4 Å². The van der Waals surface area contributed by atoms with Crippen LogP contribution in [0.5, 0.6) is 5.75 Å². The van der Waals surface area contributed by atoms with E-state index in [2.05, 4.69) is 20.6 Å². The van der Waals surface area contributed by atoms with Gasteiger partial charge in [-0.2, -0.15) is 13.2 Å². The van der Waals surface area contributed by atoms with Crippen LogP contribution in [-0.4, -0.2) is 23.6 Å². The molecule has 0 bridgehead atoms. The Morgan fingerprint density at radius 1 is 1.13 bits per heavy atom. The number of oxazole rings is 1. The van der Waals surface area contributed by atoms with E-state index in [1.165, 1.54) is 19.2 Å². The Morgan fingerprint density at radius 2 is 1.77 bits per heavy atom. The van der Waals surface area contributed by atoms with E-state index in [0.29, 0.717) is 11.9 Å². The summed E-state index contributed by atoms with van der Waals surface area (Å²) in [5.41, 5.74) is -0.464. The van der Waals surface area contributed by atoms with E-state index in [0.717, 1.165) is 17.5 Å². The Kier molecular flexibility index (Phi) is 9.00. The number of rotatable bonds is 5. The molecule has 6 nitrogen and oxygen atoms in total. The average molecular weight is 540 g/mol. The quantitative estimate of drug-likeness (QED) is 0.319. The highest BCUT2D eigenvalue weighted by molar-refractivity contribution is 14.0. The van der Waals surface area contributed by atoms with Gasteiger partial charge in [0.25, 0.3) is 0 Å². The van der Waals surface area contributed by atoms with Crippen molar-refractivity contribution in [1.29, 1.82) is 0 Å². The minimum Gasteiger partial charge on any atom is -0.488 e. The number of aromatic nitrogens is 1. The van der Waals surface area contributed by atoms with Crippen LogP contribution in [0.25, 0.3) is 0 Å². The lowest BCUT2D eigenvalue weighted by Gasteiger charge is -2.23. The lowest BCUT2D eigenvalue weighted by atomic mass is 10.1. The van der Waals surface area contributed by atoms with Gasteiger partial charge >= 0.3 is 6.18 Å². The maximum absolute atomic E-state index is 13.5. The molecule has 168 valence electrons. The third-order valence-electron chi connectivity index (χ3n) is 3.96. The molecule has 2 N–H and O–H groups in total. The van der Waals surface area contributed by atoms with Crippen molar-refractivity contribution in [2.24, 2.45) is 4.99 Å². The van der Waals surface area contributed by atoms with Gasteiger partial charge in [-0.1, -0.05) is 6.07 Å². The number of guanidine groups is 1. The zero-order chi connectivity index (χ0) is 21.8. The fraction of sp³-hybridized carbons (Fsp3) is 0.500. The van der Waals surface area contributed by atoms with Crippen LogP contribution in [-0.2, 0) is 19.3 Å². The summed E-state index contributed by atoms with van der Waals surface area (Å²) in [6.07, 6.45) is -4.50. The normalized spacial score (nSPS) is 12.4. The van der Waals surface area contributed by atoms with Crippen molar-refractivity contribution in [3.63, 3.8) is 0 Å². The number of halogens is 4. The average Bonchev–Trinajstić information content (AvgIpc) is 2.91. The van der Waals surface area contributed by atoms with Crippen molar-refractivity contribution in [2.75, 3.05) is 7.05 Å². The molecule has 1 aromatic heterocycles. The van der Waals surface area contributed by atoms with Crippen molar-refractivity contribution < 1.29 is 22.3 Å². The van der Waals surface area contributed by atoms with Gasteiger partial charge in [0.1, 0.15) is 17.1 Å². The molecule has 0 saturated carbocycles. The summed E-state index contributed by atoms with van der Waals surface area (Å²) in [6, 6.07) is 3.97. The summed E-state index contributed by atoms with van der Waals surface area (Å²) >= 11 is 0. The van der Waals surface area contributed by atoms with E-state index in [9.17, 15) is 13.2 Å². The Hall–Kier alpha value is -1.98. The van der Waals surface area contributed by atoms with Crippen LogP contribution in [0.4, 0.5) is 13.2 Å². The van der Waals surface area contributed by atoms with E-state index in [1.54, 1.807) is 20.8 Å². The standard InChI is InChI=1S/C20H27F3N4O2.HI/c1-12-13(2)28-17(27-12)11-26-18(24-6)25-10-14-7-8-15(29-19(3,4)5)9-16(14)20(21,22)23;/h7-9H,10-11H2,1-6H3,(H2,24,25,26);1H. The molecule has 2 rings (SSSR count). The van der Waals surface area contributed by atoms with Crippen LogP contribution in [0.15, 0.2) is 27.6 Å². The molecule has 0 unspecified atom stereocenters. The molecule has 0 atom stereocenters. The Balaban J connectivity index is 0.00000450. The number of hydrogen-bond acceptors (Lipinski definition) is 4. The second-order valence-electron chi connectivity index (χ2n) is 7.56. The Bertz CT molecular complexity index is 854. The highest BCUT2D eigenvalue weighted by Crippen LogP contribution is 2.35. The van der Waals surface area contributed by atoms with E-state index in [1.807, 2.05) is 13.8 Å². The monoisotopic (exact) mass is 540 g/mol. The Morgan fingerprint density at radius 3 is 2.27 bits per heavy atom. The van der Waals surface area contributed by atoms with Gasteiger partial charge in [0.2, 0.25) is 5.89 Å². The Labute approximate surface area is 191 Å². The van der Waals surface area contributed by atoms with Crippen molar-refractivity contribution in [3.8, 4) is 5.75 Å². The SMILES string of the molecule is CN=C(NCc1nc(C)c(C)o1)NCc1ccc(OC(C)(C)C)cc1C(F)(F)F.I. The molecule has 10 heteroatoms. The number of aliphatic imine (C=N–C) groups is 1. The van der Waals surface area contributed by atoms with Crippen LogP contribution in [0.3, 0.4) is 0 Å². The van der Waals surface area contributed by atoms with Crippen LogP contribution in [0.2, 0.25) is 0 Å². The minimum absolute atomic E-state index is 0. The molecule has 0 radical (unpaired) electrons. The van der Waals surface area contributed by atoms with Crippen molar-refractivity contribution in [2.45, 2.75) is 59.5 Å². The fourth-order valence-electron chi connectivity index (χ4n) is 2.56. The molecule has 0 aliphatic rings. The van der Waals surface area contributed by atoms with Gasteiger partial charge in [-0.25, -0.2) is 4.98 Å². The summed E-state index contributed by atoms with van der Waals surface area (Å²) in [5.74, 6) is 1.70. The van der Waals surface area contributed by atoms with Crippen LogP contribution >= 0.6 is 24.0 Å². The van der Waals surface area contributed by atoms with Crippen LogP contribution < -0.4 is 15.4 Å². The number of nitrogens with zero attached hydrogens (tertiary/aromatic N) is 2. The first-order chi connectivity index (χ1) is 13.4. The third kappa shape index (κ3) is 7.69. The first-order valence-electron chi connectivity index (χ1n) is 9.15. The second-order valence-corrected chi connectivity index (χ2v) is 7.56. The number of benzene rings is 1. The van der Waals surface area contributed by atoms with Gasteiger partial charge in [-0.05, 0) is 52.3 Å². The summed E-state index contributed by atoms with van der Waals surface area (Å²) in [4.78, 5) is 8.27. The molecular weight excluding hydrogens is 512 g/mol. The van der Waals surface area contributed by atoms with Gasteiger partial charge in [0.05, 0.1) is 17.8 Å². The number of nitrogens with one attached hydrogen (secondary N) is 2. The van der Waals surface area contributed by atoms with Gasteiger partial charge < -0.3 is 19.8 Å². The largest absolute Gasteiger partial charge is 0.488 e. The molecule has 0 amide bonds. The van der Waals surface area contributed by atoms with Crippen molar-refractivity contribution in [1.82, 2.24) is 15.6 Å². The predicted molar refractivity (Wildman–Crippen MR) is 120 cm³/mol. The highest BCUT2D eigenvalue weighted by atomic mass is 127. The van der Waals surface area contributed by atoms with E-state index in [4.69, 9.17) is 9.15 Å². The molecule has 0 spiro atoms. The zero-order valence-corrected chi connectivity index (χ0v) is 20.2. The zero-order valence-electron chi connectivity index (χ0n) is 17.9. The number of ether oxygens (including phenoxy) is 1. The van der Waals surface area contributed by atoms with Crippen molar-refractivity contribution >= 4 is 29.9 Å². The molecule has 1 heterocycles. The van der Waals surface area contributed by atoms with E-state index < -0.39 is 17.3 Å². The maximum atomic E-state index is 13.5. The maximum Gasteiger partial charge on any atom is 0.416 e. The second kappa shape index (κ2) is 10.4. The molecule has 2 aromatic rings. The summed E-state index contributed by atoms with van der Waals surface area (Å²) in [6.45, 7) is 9.19. The molecule has 0 saturated heterocycles. The van der Waals surface area contributed by atoms with Gasteiger partial charge in [0.15, 0.2) is 5.96 Å². The van der Waals surface area contributed by atoms with Gasteiger partial charge in [-0.3, -0.25) is 4.99 Å². The topological polar surface area (TPSA) is 71.7 Å². The number of hydrogen-bond donors (Lipinski definition) is 2. The molecule has 0 fully saturated rings. The summed E-state index contributed by atoms with van der Waals surface area (Å²) in [7, 11) is 1.53. The number of aryl methyl sites for hydroxylation is 2. The molecule has 1 aromatic carbocycles. The van der Waals surface area contributed by atoms with E-state index >= 15 is 0 Å². The van der Waals surface area contributed by atoms with Gasteiger partial charge in [0, 0.05) is 13.6 Å². The molecular formula is C20H28F3IN4O2. The minimum atomic E-state index is -4.50. The van der Waals surface area contributed by atoms with Crippen LogP contribution in [0, 0.1) is 13.8 Å². The fourth-order valence-corrected chi connectivity index (χ4v) is 2.56. The molecule has 0 aliphatic heterocycles. The van der Waals surface area contributed by atoms with Crippen molar-refractivity contribution in [3.05, 3.63) is 46.7 Å². The predicted octanol–water partition coefficient (Wildman–Crippen LogP) is 4.97. The first kappa shape index (κ1) is 26.1. The lowest BCUT2D eigenvalue weighted by molar-refractivity contribution is -0.138. The number of alkyl halides is 3. The lowest BCUT2D eigenvalue weighted by Crippen LogP contribution is -2.36. The molecule has 30 heavy (non-hydrogen) atoms. The van der Waals surface area contributed by atoms with Gasteiger partial charge in [-0.15, -0.1) is 24.0 Å². The summed E-state index contributed by atoms with van der Waals surface area (Å²) in [5, 5.41) is 5.86. The molecule has 0 aliphatic carbocycles. The van der Waals surface area contributed by atoms with Crippen LogP contribution in [0.1, 0.15) is 49.2 Å². The third-order valence-corrected chi connectivity index (χ3v) is 3.96. The smallest absolute Gasteiger partial charge is 0.416 e. The first-order valence-corrected chi connectivity index (χ1v) is 9.15. The highest BCUT2D eigenvalue weighted by Gasteiger charge is 2.34.